The van der Waals surface area contributed by atoms with Gasteiger partial charge in [-0.05, 0) is 0 Å². The van der Waals surface area contributed by atoms with Crippen LogP contribution in [-0.2, 0) is 4.57 Å². The van der Waals surface area contributed by atoms with Gasteiger partial charge in [-0.2, -0.15) is 0 Å². The molecule has 0 heterocycles. The molecule has 0 spiro atoms. The molecule has 33 valence electrons. The summed E-state index contributed by atoms with van der Waals surface area (Å²) in [6, 6.07) is 0. The van der Waals surface area contributed by atoms with Crippen molar-refractivity contribution in [2.24, 2.45) is 0 Å². The standard InChI is InChI=1S/C2H7O2P.Na/c1-5(2,3)4;/h1-2H3,(H,3,4);. The maximum absolute atomic E-state index is 9.77. The van der Waals surface area contributed by atoms with Gasteiger partial charge in [0.15, 0.2) is 7.37 Å². The van der Waals surface area contributed by atoms with Crippen molar-refractivity contribution in [3.05, 3.63) is 0 Å². The van der Waals surface area contributed by atoms with Crippen molar-refractivity contribution in [3.8, 4) is 0 Å². The van der Waals surface area contributed by atoms with E-state index in [4.69, 9.17) is 4.89 Å². The second kappa shape index (κ2) is 3.23. The largest absolute Gasteiger partial charge is 0.345 e. The average molecular weight is 117 g/mol. The van der Waals surface area contributed by atoms with Crippen LogP contribution in [0.5, 0.6) is 0 Å². The van der Waals surface area contributed by atoms with Gasteiger partial charge in [0.25, 0.3) is 0 Å². The van der Waals surface area contributed by atoms with Gasteiger partial charge in [-0.3, -0.25) is 4.57 Å². The fourth-order valence-corrected chi connectivity index (χ4v) is 0. The van der Waals surface area contributed by atoms with E-state index in [0.29, 0.717) is 0 Å². The van der Waals surface area contributed by atoms with Crippen LogP contribution in [0.1, 0.15) is 0 Å². The molecule has 0 fully saturated rings. The van der Waals surface area contributed by atoms with Crippen molar-refractivity contribution in [1.29, 1.82) is 0 Å². The van der Waals surface area contributed by atoms with E-state index in [1.54, 1.807) is 0 Å². The molecule has 2 nitrogen and oxygen atoms in total. The van der Waals surface area contributed by atoms with Crippen LogP contribution in [0.2, 0.25) is 0 Å². The van der Waals surface area contributed by atoms with Crippen molar-refractivity contribution in [2.75, 3.05) is 13.3 Å². The predicted octanol–water partition coefficient (Wildman–Crippen LogP) is 0.136. The molecule has 0 aromatic heterocycles. The van der Waals surface area contributed by atoms with Crippen LogP contribution in [-0.4, -0.2) is 47.8 Å². The van der Waals surface area contributed by atoms with E-state index in [0.717, 1.165) is 0 Å². The summed E-state index contributed by atoms with van der Waals surface area (Å²) >= 11 is 0. The Labute approximate surface area is 59.7 Å². The summed E-state index contributed by atoms with van der Waals surface area (Å²) in [6.07, 6.45) is 0. The monoisotopic (exact) mass is 117 g/mol. The second-order valence-electron chi connectivity index (χ2n) is 1.29. The Morgan fingerprint density at radius 3 is 1.50 bits per heavy atom. The van der Waals surface area contributed by atoms with Crippen molar-refractivity contribution < 1.29 is 9.46 Å². The quantitative estimate of drug-likeness (QED) is 0.362. The third-order valence-corrected chi connectivity index (χ3v) is 0. The smallest absolute Gasteiger partial charge is 0.194 e. The van der Waals surface area contributed by atoms with Gasteiger partial charge in [-0.1, -0.05) is 0 Å². The van der Waals surface area contributed by atoms with Crippen LogP contribution in [0.3, 0.4) is 0 Å². The third-order valence-electron chi connectivity index (χ3n) is 0. The first kappa shape index (κ1) is 10.2. The number of rotatable bonds is 0. The Morgan fingerprint density at radius 1 is 1.50 bits per heavy atom. The van der Waals surface area contributed by atoms with Crippen LogP contribution >= 0.6 is 7.37 Å². The van der Waals surface area contributed by atoms with Gasteiger partial charge in [0.2, 0.25) is 0 Å². The van der Waals surface area contributed by atoms with Crippen LogP contribution in [0, 0.1) is 0 Å². The molecule has 1 radical (unpaired) electrons. The molecule has 0 atom stereocenters. The molecule has 4 heteroatoms. The van der Waals surface area contributed by atoms with E-state index < -0.39 is 7.37 Å². The molecule has 0 aromatic rings. The Balaban J connectivity index is 0. The van der Waals surface area contributed by atoms with Crippen molar-refractivity contribution in [1.82, 2.24) is 0 Å². The summed E-state index contributed by atoms with van der Waals surface area (Å²) < 4.78 is 9.77. The van der Waals surface area contributed by atoms with E-state index in [9.17, 15) is 4.57 Å². The molecule has 0 saturated heterocycles. The molecule has 0 unspecified atom stereocenters. The molecule has 0 aliphatic carbocycles. The molecule has 0 rings (SSSR count). The minimum Gasteiger partial charge on any atom is -0.345 e. The normalized spacial score (nSPS) is 9.83. The predicted molar refractivity (Wildman–Crippen MR) is 27.4 cm³/mol. The first-order valence-corrected chi connectivity index (χ1v) is 3.83. The summed E-state index contributed by atoms with van der Waals surface area (Å²) in [5, 5.41) is 0. The summed E-state index contributed by atoms with van der Waals surface area (Å²) in [5.41, 5.74) is 0. The zero-order valence-electron chi connectivity index (χ0n) is 4.30. The number of hydrogen-bond donors (Lipinski definition) is 1. The van der Waals surface area contributed by atoms with E-state index in [-0.39, 0.29) is 29.6 Å². The van der Waals surface area contributed by atoms with Gasteiger partial charge in [-0.15, -0.1) is 0 Å². The fourth-order valence-electron chi connectivity index (χ4n) is 0. The summed E-state index contributed by atoms with van der Waals surface area (Å²) in [5.74, 6) is 0. The molecule has 0 aliphatic heterocycles. The number of hydrogen-bond acceptors (Lipinski definition) is 1. The Morgan fingerprint density at radius 2 is 1.50 bits per heavy atom. The van der Waals surface area contributed by atoms with Gasteiger partial charge in [0, 0.05) is 42.9 Å². The van der Waals surface area contributed by atoms with Gasteiger partial charge < -0.3 is 4.89 Å². The van der Waals surface area contributed by atoms with Gasteiger partial charge in [0.05, 0.1) is 0 Å². The topological polar surface area (TPSA) is 37.3 Å². The molecular formula is C2H7NaO2P. The van der Waals surface area contributed by atoms with E-state index in [2.05, 4.69) is 0 Å². The van der Waals surface area contributed by atoms with E-state index in [1.165, 1.54) is 13.3 Å². The SMILES string of the molecule is CP(C)(=O)O.[Na]. The van der Waals surface area contributed by atoms with Crippen LogP contribution in [0.15, 0.2) is 0 Å². The van der Waals surface area contributed by atoms with Gasteiger partial charge >= 0.3 is 0 Å². The summed E-state index contributed by atoms with van der Waals surface area (Å²) in [4.78, 5) is 8.08. The Bertz CT molecular complexity index is 57.7. The zero-order valence-corrected chi connectivity index (χ0v) is 7.20. The molecule has 1 N–H and O–H groups in total. The molecule has 0 saturated carbocycles. The maximum Gasteiger partial charge on any atom is 0.194 e. The molecular weight excluding hydrogens is 110 g/mol. The first-order chi connectivity index (χ1) is 2.00. The van der Waals surface area contributed by atoms with Crippen LogP contribution < -0.4 is 0 Å². The summed E-state index contributed by atoms with van der Waals surface area (Å²) in [6.45, 7) is 2.60. The Kier molecular flexibility index (Phi) is 5.50. The van der Waals surface area contributed by atoms with Gasteiger partial charge in [0.1, 0.15) is 0 Å². The van der Waals surface area contributed by atoms with Crippen molar-refractivity contribution >= 4 is 36.9 Å². The fraction of sp³-hybridized carbons (Fsp3) is 1.00. The van der Waals surface area contributed by atoms with E-state index >= 15 is 0 Å². The first-order valence-electron chi connectivity index (χ1n) is 1.28. The maximum atomic E-state index is 9.77. The molecule has 6 heavy (non-hydrogen) atoms. The second-order valence-corrected chi connectivity index (χ2v) is 3.88. The molecule has 0 amide bonds. The Hall–Kier alpha value is 1.19. The van der Waals surface area contributed by atoms with Crippen molar-refractivity contribution in [3.63, 3.8) is 0 Å². The molecule has 0 aromatic carbocycles. The molecule has 0 bridgehead atoms. The third kappa shape index (κ3) is 64.3. The minimum atomic E-state index is -2.64. The van der Waals surface area contributed by atoms with Crippen LogP contribution in [0.4, 0.5) is 0 Å². The zero-order chi connectivity index (χ0) is 4.50. The minimum absolute atomic E-state index is 0. The average Bonchev–Trinajstić information content (AvgIpc) is 0.722. The van der Waals surface area contributed by atoms with Crippen molar-refractivity contribution in [2.45, 2.75) is 0 Å². The van der Waals surface area contributed by atoms with Crippen LogP contribution in [0.25, 0.3) is 0 Å². The van der Waals surface area contributed by atoms with E-state index in [1.807, 2.05) is 0 Å². The summed E-state index contributed by atoms with van der Waals surface area (Å²) in [7, 11) is -2.64. The molecule has 0 aliphatic rings. The van der Waals surface area contributed by atoms with Gasteiger partial charge in [-0.25, -0.2) is 0 Å².